The van der Waals surface area contributed by atoms with Gasteiger partial charge in [-0.2, -0.15) is 0 Å². The molecule has 3 aromatic heterocycles. The SMILES string of the molecule is CN(CC(=O)NCCc1ccc(S(N)(=O)=O)cc1)c1ccc([N+](=O)[O-])c2nonc12.CN(CC(=O)O)c1ccc(Cl)c2nonc12.CNCC(=O)O.NCCc1ccc(S(N)(=O)=O)cc1.O=[N+]([O-])c1ccc(Cl)c2nonc12. The molecule has 0 saturated heterocycles. The number of aromatic nitrogens is 6. The molecule has 8 aromatic rings. The highest BCUT2D eigenvalue weighted by molar-refractivity contribution is 7.89. The monoisotopic (exact) mass is 1160 g/mol. The second kappa shape index (κ2) is 28.5. The van der Waals surface area contributed by atoms with Crippen molar-refractivity contribution in [3.63, 3.8) is 0 Å². The van der Waals surface area contributed by atoms with E-state index in [1.807, 2.05) is 0 Å². The third-order valence-corrected chi connectivity index (χ3v) is 12.5. The number of carbonyl (C=O) groups excluding carboxylic acids is 1. The summed E-state index contributed by atoms with van der Waals surface area (Å²) >= 11 is 11.6. The number of primary sulfonamides is 2. The number of halogens is 2. The zero-order valence-electron chi connectivity index (χ0n) is 40.9. The first kappa shape index (κ1) is 62.0. The second-order valence-corrected chi connectivity index (χ2v) is 19.6. The molecule has 5 aromatic carbocycles. The summed E-state index contributed by atoms with van der Waals surface area (Å²) in [6.07, 6.45) is 1.24. The summed E-state index contributed by atoms with van der Waals surface area (Å²) < 4.78 is 57.8. The predicted octanol–water partition coefficient (Wildman–Crippen LogP) is 2.88. The van der Waals surface area contributed by atoms with E-state index in [-0.39, 0.29) is 73.8 Å². The summed E-state index contributed by atoms with van der Waals surface area (Å²) in [7, 11) is -2.43. The maximum atomic E-state index is 12.2. The molecule has 0 unspecified atom stereocenters. The molecule has 8 rings (SSSR count). The molecule has 416 valence electrons. The average Bonchev–Trinajstić information content (AvgIpc) is 4.20. The lowest BCUT2D eigenvalue weighted by Gasteiger charge is -2.18. The van der Waals surface area contributed by atoms with Crippen LogP contribution in [0.4, 0.5) is 22.7 Å². The number of likely N-dealkylation sites (N-methyl/N-ethyl adjacent to an activating group) is 3. The van der Waals surface area contributed by atoms with Crippen LogP contribution in [-0.2, 0) is 47.3 Å². The van der Waals surface area contributed by atoms with Gasteiger partial charge in [-0.3, -0.25) is 34.6 Å². The van der Waals surface area contributed by atoms with Gasteiger partial charge in [0.15, 0.2) is 22.1 Å². The number of carboxylic acids is 2. The molecule has 35 heteroatoms. The Balaban J connectivity index is 0.000000231. The molecule has 31 nitrogen and oxygen atoms in total. The zero-order chi connectivity index (χ0) is 57.9. The number of hydrogen-bond donors (Lipinski definition) is 7. The lowest BCUT2D eigenvalue weighted by molar-refractivity contribution is -0.383. The van der Waals surface area contributed by atoms with Crippen molar-refractivity contribution in [1.82, 2.24) is 41.6 Å². The minimum Gasteiger partial charge on any atom is -0.480 e. The van der Waals surface area contributed by atoms with Gasteiger partial charge in [0.05, 0.1) is 54.1 Å². The standard InChI is InChI=1S/C17H18N6O6S.C9H8ClN3O3.C8H12N2O2S.C6H2ClN3O3.C3H7NO2/c1-22(13-6-7-14(23(25)26)17-16(13)20-29-21-17)10-15(24)19-9-8-11-2-4-12(5-3-11)30(18,27)28;1-13(4-7(14)15)6-3-2-5(10)8-9(6)12-16-11-8;9-6-5-7-1-3-8(4-2-7)13(10,11)12;7-3-1-2-4(10(11)12)6-5(3)8-13-9-6;1-4-2-3(5)6/h2-7H,8-10H2,1H3,(H,19,24)(H2,18,27,28);2-3H,4H2,1H3,(H,14,15);1-4H,5-6,9H2,(H2,10,11,12);1-2H;4H,2H2,1H3,(H,5,6). The fourth-order valence-corrected chi connectivity index (χ4v) is 7.80. The molecule has 0 atom stereocenters. The molecule has 10 N–H and O–H groups in total. The Hall–Kier alpha value is -8.57. The quantitative estimate of drug-likeness (QED) is 0.0509. The van der Waals surface area contributed by atoms with Crippen LogP contribution in [0.3, 0.4) is 0 Å². The van der Waals surface area contributed by atoms with Gasteiger partial charge in [0.2, 0.25) is 37.0 Å². The molecule has 78 heavy (non-hydrogen) atoms. The smallest absolute Gasteiger partial charge is 0.323 e. The summed E-state index contributed by atoms with van der Waals surface area (Å²) in [5.41, 5.74) is 9.21. The van der Waals surface area contributed by atoms with Crippen molar-refractivity contribution < 1.29 is 65.2 Å². The first-order valence-electron chi connectivity index (χ1n) is 21.8. The van der Waals surface area contributed by atoms with Gasteiger partial charge in [-0.1, -0.05) is 47.5 Å². The third-order valence-electron chi connectivity index (χ3n) is 10.0. The summed E-state index contributed by atoms with van der Waals surface area (Å²) in [4.78, 5) is 56.0. The Morgan fingerprint density at radius 1 is 0.603 bits per heavy atom. The first-order valence-corrected chi connectivity index (χ1v) is 25.7. The van der Waals surface area contributed by atoms with E-state index in [9.17, 15) is 51.4 Å². The number of carboxylic acid groups (broad SMARTS) is 2. The first-order chi connectivity index (χ1) is 36.8. The van der Waals surface area contributed by atoms with Crippen LogP contribution in [0.25, 0.3) is 33.1 Å². The van der Waals surface area contributed by atoms with Gasteiger partial charge in [-0.05, 0) is 117 Å². The second-order valence-electron chi connectivity index (χ2n) is 15.7. The van der Waals surface area contributed by atoms with E-state index in [2.05, 4.69) is 55.5 Å². The van der Waals surface area contributed by atoms with Crippen LogP contribution in [-0.4, -0.2) is 140 Å². The number of fused-ring (bicyclic) bond motifs is 3. The third kappa shape index (κ3) is 18.0. The van der Waals surface area contributed by atoms with Gasteiger partial charge in [0, 0.05) is 32.8 Å². The normalized spacial score (nSPS) is 10.9. The lowest BCUT2D eigenvalue weighted by atomic mass is 10.1. The molecular formula is C43H47Cl2N15O16S2. The van der Waals surface area contributed by atoms with E-state index < -0.39 is 41.8 Å². The van der Waals surface area contributed by atoms with E-state index in [0.717, 1.165) is 17.5 Å². The Kier molecular flexibility index (Phi) is 22.7. The molecule has 0 aliphatic rings. The number of sulfonamides is 2. The number of aliphatic carboxylic acids is 2. The number of benzene rings is 5. The fourth-order valence-electron chi connectivity index (χ4n) is 6.40. The van der Waals surface area contributed by atoms with Crippen LogP contribution in [0.2, 0.25) is 10.0 Å². The van der Waals surface area contributed by atoms with E-state index in [0.29, 0.717) is 46.9 Å². The summed E-state index contributed by atoms with van der Waals surface area (Å²) in [5, 5.41) is 75.4. The molecule has 1 amide bonds. The van der Waals surface area contributed by atoms with Gasteiger partial charge >= 0.3 is 23.3 Å². The van der Waals surface area contributed by atoms with E-state index in [1.165, 1.54) is 53.4 Å². The number of amides is 1. The van der Waals surface area contributed by atoms with Crippen molar-refractivity contribution in [2.75, 3.05) is 63.7 Å². The highest BCUT2D eigenvalue weighted by atomic mass is 35.5. The van der Waals surface area contributed by atoms with E-state index >= 15 is 0 Å². The molecule has 0 fully saturated rings. The molecule has 0 radical (unpaired) electrons. The van der Waals surface area contributed by atoms with E-state index in [1.54, 1.807) is 62.4 Å². The topological polar surface area (TPSA) is 472 Å². The van der Waals surface area contributed by atoms with Crippen molar-refractivity contribution in [1.29, 1.82) is 0 Å². The number of hydrogen-bond acceptors (Lipinski definition) is 24. The number of nitro groups is 2. The average molecular weight is 1160 g/mol. The molecule has 3 heterocycles. The minimum atomic E-state index is -3.74. The molecule has 0 bridgehead atoms. The number of non-ortho nitro benzene ring substituents is 2. The fraction of sp³-hybridized carbons (Fsp3) is 0.233. The van der Waals surface area contributed by atoms with Gasteiger partial charge in [0.1, 0.15) is 6.54 Å². The van der Waals surface area contributed by atoms with E-state index in [4.69, 9.17) is 49.4 Å². The van der Waals surface area contributed by atoms with Gasteiger partial charge < -0.3 is 36.4 Å². The highest BCUT2D eigenvalue weighted by Crippen LogP contribution is 2.31. The number of carbonyl (C=O) groups is 3. The minimum absolute atomic E-state index is 0.00713. The van der Waals surface area contributed by atoms with Crippen LogP contribution in [0.15, 0.2) is 109 Å². The van der Waals surface area contributed by atoms with Crippen molar-refractivity contribution >= 4 is 117 Å². The lowest BCUT2D eigenvalue weighted by Crippen LogP contribution is -2.36. The summed E-state index contributed by atoms with van der Waals surface area (Å²) in [6.45, 7) is 0.769. The van der Waals surface area contributed by atoms with Crippen LogP contribution in [0.5, 0.6) is 0 Å². The number of nitro benzene ring substituents is 2. The summed E-state index contributed by atoms with van der Waals surface area (Å²) in [5.74, 6) is -2.03. The predicted molar refractivity (Wildman–Crippen MR) is 280 cm³/mol. The van der Waals surface area contributed by atoms with Gasteiger partial charge in [-0.15, -0.1) is 0 Å². The van der Waals surface area contributed by atoms with Crippen LogP contribution in [0.1, 0.15) is 11.1 Å². The maximum Gasteiger partial charge on any atom is 0.323 e. The molecule has 0 aliphatic carbocycles. The number of nitrogens with one attached hydrogen (secondary N) is 2. The Morgan fingerprint density at radius 2 is 0.987 bits per heavy atom. The van der Waals surface area contributed by atoms with Crippen LogP contribution < -0.4 is 36.4 Å². The Morgan fingerprint density at radius 3 is 1.41 bits per heavy atom. The van der Waals surface area contributed by atoms with Crippen molar-refractivity contribution in [3.05, 3.63) is 126 Å². The highest BCUT2D eigenvalue weighted by Gasteiger charge is 2.23. The number of nitrogens with zero attached hydrogens (tertiary/aromatic N) is 10. The number of rotatable bonds is 17. The zero-order valence-corrected chi connectivity index (χ0v) is 44.1. The molecule has 0 saturated carbocycles. The van der Waals surface area contributed by atoms with Crippen LogP contribution >= 0.6 is 23.2 Å². The van der Waals surface area contributed by atoms with Gasteiger partial charge in [-0.25, -0.2) is 41.0 Å². The van der Waals surface area contributed by atoms with Crippen LogP contribution in [0, 0.1) is 20.2 Å². The van der Waals surface area contributed by atoms with Crippen molar-refractivity contribution in [2.45, 2.75) is 22.6 Å². The largest absolute Gasteiger partial charge is 0.480 e. The number of nitrogens with two attached hydrogens (primary N) is 3. The van der Waals surface area contributed by atoms with Crippen molar-refractivity contribution in [3.8, 4) is 0 Å². The van der Waals surface area contributed by atoms with Gasteiger partial charge in [0.25, 0.3) is 0 Å². The molecular weight excluding hydrogens is 1120 g/mol. The molecule has 0 aliphatic heterocycles. The number of anilines is 2. The molecule has 0 spiro atoms. The van der Waals surface area contributed by atoms with Crippen molar-refractivity contribution in [2.24, 2.45) is 16.0 Å². The Labute approximate surface area is 450 Å². The Bertz CT molecular complexity index is 3610. The summed E-state index contributed by atoms with van der Waals surface area (Å²) in [6, 6.07) is 21.2. The maximum absolute atomic E-state index is 12.2.